The first-order valence-electron chi connectivity index (χ1n) is 7.79. The SMILES string of the molecule is COS(=O)(=O)C1(c2ccc(O)cc2)CNCCc2c1cc(O)c(O)c2Cl. The summed E-state index contributed by atoms with van der Waals surface area (Å²) in [5.74, 6) is -1.04. The third kappa shape index (κ3) is 2.69. The van der Waals surface area contributed by atoms with Crippen molar-refractivity contribution in [1.82, 2.24) is 5.32 Å². The van der Waals surface area contributed by atoms with Gasteiger partial charge in [0.25, 0.3) is 10.1 Å². The van der Waals surface area contributed by atoms with Crippen molar-refractivity contribution >= 4 is 21.7 Å². The minimum atomic E-state index is -4.23. The first kappa shape index (κ1) is 18.8. The number of aromatic hydroxyl groups is 3. The Kier molecular flexibility index (Phi) is 4.78. The molecule has 0 bridgehead atoms. The number of hydrogen-bond donors (Lipinski definition) is 4. The van der Waals surface area contributed by atoms with Crippen LogP contribution in [-0.2, 0) is 25.5 Å². The Hall–Kier alpha value is -2.00. The molecule has 1 unspecified atom stereocenters. The standard InChI is InChI=1S/C17H18ClNO6S/c1-25-26(23,24)17(10-2-4-11(20)5-3-10)9-19-7-6-12-13(17)8-14(21)16(22)15(12)18/h2-5,8,19-22H,6-7,9H2,1H3. The fourth-order valence-electron chi connectivity index (χ4n) is 3.34. The molecule has 0 spiro atoms. The molecule has 1 aliphatic rings. The van der Waals surface area contributed by atoms with Crippen LogP contribution in [0.25, 0.3) is 0 Å². The summed E-state index contributed by atoms with van der Waals surface area (Å²) >= 11 is 6.21. The molecule has 4 N–H and O–H groups in total. The Bertz CT molecular complexity index is 945. The van der Waals surface area contributed by atoms with Gasteiger partial charge in [-0.25, -0.2) is 0 Å². The fraction of sp³-hybridized carbons (Fsp3) is 0.294. The Morgan fingerprint density at radius 3 is 2.46 bits per heavy atom. The Morgan fingerprint density at radius 1 is 1.19 bits per heavy atom. The maximum atomic E-state index is 13.1. The summed E-state index contributed by atoms with van der Waals surface area (Å²) in [5, 5.41) is 32.6. The Balaban J connectivity index is 2.45. The van der Waals surface area contributed by atoms with Crippen LogP contribution in [0.4, 0.5) is 0 Å². The van der Waals surface area contributed by atoms with E-state index in [0.29, 0.717) is 24.1 Å². The van der Waals surface area contributed by atoms with E-state index in [2.05, 4.69) is 5.32 Å². The molecule has 3 rings (SSSR count). The zero-order valence-electron chi connectivity index (χ0n) is 13.9. The largest absolute Gasteiger partial charge is 0.508 e. The van der Waals surface area contributed by atoms with Gasteiger partial charge in [0.15, 0.2) is 16.2 Å². The molecule has 7 nitrogen and oxygen atoms in total. The topological polar surface area (TPSA) is 116 Å². The number of halogens is 1. The van der Waals surface area contributed by atoms with Crippen molar-refractivity contribution in [3.63, 3.8) is 0 Å². The van der Waals surface area contributed by atoms with E-state index >= 15 is 0 Å². The van der Waals surface area contributed by atoms with Gasteiger partial charge in [0, 0.05) is 6.54 Å². The third-order valence-electron chi connectivity index (χ3n) is 4.66. The van der Waals surface area contributed by atoms with E-state index in [9.17, 15) is 23.7 Å². The van der Waals surface area contributed by atoms with Crippen LogP contribution in [0.2, 0.25) is 5.02 Å². The number of nitrogens with one attached hydrogen (secondary N) is 1. The second-order valence-corrected chi connectivity index (χ2v) is 8.32. The van der Waals surface area contributed by atoms with Gasteiger partial charge in [-0.15, -0.1) is 0 Å². The first-order valence-corrected chi connectivity index (χ1v) is 9.57. The number of fused-ring (bicyclic) bond motifs is 1. The molecule has 1 aliphatic heterocycles. The molecule has 2 aromatic rings. The molecule has 0 amide bonds. The van der Waals surface area contributed by atoms with E-state index in [-0.39, 0.29) is 22.9 Å². The number of phenols is 3. The fourth-order valence-corrected chi connectivity index (χ4v) is 5.07. The van der Waals surface area contributed by atoms with Crippen molar-refractivity contribution in [2.75, 3.05) is 20.2 Å². The molecule has 0 aliphatic carbocycles. The molecule has 2 aromatic carbocycles. The summed E-state index contributed by atoms with van der Waals surface area (Å²) in [7, 11) is -3.17. The lowest BCUT2D eigenvalue weighted by atomic mass is 9.86. The van der Waals surface area contributed by atoms with Crippen molar-refractivity contribution in [3.8, 4) is 17.2 Å². The summed E-state index contributed by atoms with van der Waals surface area (Å²) in [4.78, 5) is 0. The average Bonchev–Trinajstić information content (AvgIpc) is 2.81. The highest BCUT2D eigenvalue weighted by Crippen LogP contribution is 2.48. The highest BCUT2D eigenvalue weighted by Gasteiger charge is 2.50. The summed E-state index contributed by atoms with van der Waals surface area (Å²) in [5.41, 5.74) is 0.949. The van der Waals surface area contributed by atoms with Gasteiger partial charge >= 0.3 is 0 Å². The van der Waals surface area contributed by atoms with Gasteiger partial charge in [0.05, 0.1) is 12.1 Å². The van der Waals surface area contributed by atoms with Crippen molar-refractivity contribution in [3.05, 3.63) is 52.0 Å². The van der Waals surface area contributed by atoms with Crippen molar-refractivity contribution in [1.29, 1.82) is 0 Å². The van der Waals surface area contributed by atoms with Crippen LogP contribution in [0.15, 0.2) is 30.3 Å². The molecule has 1 heterocycles. The summed E-state index contributed by atoms with van der Waals surface area (Å²) in [6.07, 6.45) is 0.348. The smallest absolute Gasteiger partial charge is 0.282 e. The predicted molar refractivity (Wildman–Crippen MR) is 96.2 cm³/mol. The quantitative estimate of drug-likeness (QED) is 0.459. The van der Waals surface area contributed by atoms with Crippen molar-refractivity contribution in [2.24, 2.45) is 0 Å². The molecule has 140 valence electrons. The number of rotatable bonds is 3. The lowest BCUT2D eigenvalue weighted by molar-refractivity contribution is 0.369. The van der Waals surface area contributed by atoms with Crippen LogP contribution in [0, 0.1) is 0 Å². The third-order valence-corrected chi connectivity index (χ3v) is 6.96. The average molecular weight is 400 g/mol. The highest BCUT2D eigenvalue weighted by atomic mass is 35.5. The van der Waals surface area contributed by atoms with E-state index in [1.165, 1.54) is 30.3 Å². The Morgan fingerprint density at radius 2 is 1.85 bits per heavy atom. The molecule has 0 saturated heterocycles. The van der Waals surface area contributed by atoms with Gasteiger partial charge in [-0.05, 0) is 47.9 Å². The molecular formula is C17H18ClNO6S. The zero-order valence-corrected chi connectivity index (χ0v) is 15.4. The summed E-state index contributed by atoms with van der Waals surface area (Å²) in [6, 6.07) is 6.89. The molecule has 1 atom stereocenters. The second kappa shape index (κ2) is 6.62. The molecule has 0 fully saturated rings. The first-order chi connectivity index (χ1) is 12.2. The van der Waals surface area contributed by atoms with Crippen LogP contribution in [0.1, 0.15) is 16.7 Å². The van der Waals surface area contributed by atoms with Crippen molar-refractivity contribution in [2.45, 2.75) is 11.2 Å². The van der Waals surface area contributed by atoms with E-state index in [0.717, 1.165) is 7.11 Å². The highest BCUT2D eigenvalue weighted by molar-refractivity contribution is 7.88. The molecule has 26 heavy (non-hydrogen) atoms. The van der Waals surface area contributed by atoms with Crippen LogP contribution >= 0.6 is 11.6 Å². The monoisotopic (exact) mass is 399 g/mol. The van der Waals surface area contributed by atoms with Crippen LogP contribution in [0.3, 0.4) is 0 Å². The number of phenolic OH excluding ortho intramolecular Hbond substituents is 3. The molecule has 9 heteroatoms. The minimum Gasteiger partial charge on any atom is -0.508 e. The van der Waals surface area contributed by atoms with Crippen molar-refractivity contribution < 1.29 is 27.9 Å². The second-order valence-electron chi connectivity index (χ2n) is 6.01. The van der Waals surface area contributed by atoms with Crippen LogP contribution in [0.5, 0.6) is 17.2 Å². The normalized spacial score (nSPS) is 20.4. The van der Waals surface area contributed by atoms with E-state index in [1.807, 2.05) is 0 Å². The van der Waals surface area contributed by atoms with E-state index < -0.39 is 26.4 Å². The van der Waals surface area contributed by atoms with Crippen LogP contribution in [-0.4, -0.2) is 43.9 Å². The van der Waals surface area contributed by atoms with Gasteiger partial charge in [-0.3, -0.25) is 4.18 Å². The number of benzene rings is 2. The maximum absolute atomic E-state index is 13.1. The minimum absolute atomic E-state index is 0.0212. The lowest BCUT2D eigenvalue weighted by Crippen LogP contribution is -2.45. The Labute approximate surface area is 155 Å². The summed E-state index contributed by atoms with van der Waals surface area (Å²) in [6.45, 7) is 0.373. The van der Waals surface area contributed by atoms with Gasteiger partial charge in [-0.2, -0.15) is 8.42 Å². The zero-order chi connectivity index (χ0) is 19.1. The van der Waals surface area contributed by atoms with Crippen LogP contribution < -0.4 is 5.32 Å². The van der Waals surface area contributed by atoms with Gasteiger partial charge in [0.2, 0.25) is 0 Å². The number of hydrogen-bond acceptors (Lipinski definition) is 7. The molecule has 0 saturated carbocycles. The predicted octanol–water partition coefficient (Wildman–Crippen LogP) is 1.82. The van der Waals surface area contributed by atoms with E-state index in [4.69, 9.17) is 15.8 Å². The van der Waals surface area contributed by atoms with Gasteiger partial charge in [0.1, 0.15) is 5.75 Å². The molecular weight excluding hydrogens is 382 g/mol. The molecule has 0 radical (unpaired) electrons. The van der Waals surface area contributed by atoms with Gasteiger partial charge < -0.3 is 20.6 Å². The van der Waals surface area contributed by atoms with E-state index in [1.54, 1.807) is 0 Å². The lowest BCUT2D eigenvalue weighted by Gasteiger charge is -2.33. The van der Waals surface area contributed by atoms with Gasteiger partial charge in [-0.1, -0.05) is 23.7 Å². The summed E-state index contributed by atoms with van der Waals surface area (Å²) < 4.78 is 29.3. The maximum Gasteiger partial charge on any atom is 0.282 e. The molecule has 0 aromatic heterocycles.